The fourth-order valence-corrected chi connectivity index (χ4v) is 1.82. The van der Waals surface area contributed by atoms with Gasteiger partial charge < -0.3 is 15.2 Å². The van der Waals surface area contributed by atoms with Gasteiger partial charge in [0.15, 0.2) is 0 Å². The minimum absolute atomic E-state index is 0.217. The number of nitrogens with one attached hydrogen (secondary N) is 1. The molecule has 18 heavy (non-hydrogen) atoms. The van der Waals surface area contributed by atoms with Gasteiger partial charge in [-0.05, 0) is 55.3 Å². The minimum Gasteiger partial charge on any atom is -0.389 e. The van der Waals surface area contributed by atoms with E-state index in [1.807, 2.05) is 45.9 Å². The second-order valence-corrected chi connectivity index (χ2v) is 6.19. The Labute approximate surface area is 118 Å². The summed E-state index contributed by atoms with van der Waals surface area (Å²) in [6.07, 6.45) is -0.517. The molecule has 1 rings (SSSR count). The Morgan fingerprint density at radius 1 is 1.39 bits per heavy atom. The molecule has 0 aromatic heterocycles. The fourth-order valence-electron chi connectivity index (χ4n) is 1.42. The normalized spacial score (nSPS) is 13.4. The van der Waals surface area contributed by atoms with Crippen LogP contribution in [0.1, 0.15) is 26.3 Å². The second-order valence-electron chi connectivity index (χ2n) is 5.39. The van der Waals surface area contributed by atoms with Crippen molar-refractivity contribution in [2.75, 3.05) is 18.5 Å². The summed E-state index contributed by atoms with van der Waals surface area (Å²) in [6.45, 7) is 8.77. The molecular weight excluding hydrogens is 294 g/mol. The van der Waals surface area contributed by atoms with E-state index in [0.717, 1.165) is 10.2 Å². The molecular formula is C14H22BrNO2. The average molecular weight is 316 g/mol. The Balaban J connectivity index is 2.43. The Morgan fingerprint density at radius 3 is 2.67 bits per heavy atom. The molecule has 0 amide bonds. The van der Waals surface area contributed by atoms with Gasteiger partial charge in [-0.25, -0.2) is 0 Å². The van der Waals surface area contributed by atoms with E-state index < -0.39 is 6.10 Å². The maximum atomic E-state index is 9.83. The quantitative estimate of drug-likeness (QED) is 0.875. The Bertz CT molecular complexity index is 388. The highest BCUT2D eigenvalue weighted by Crippen LogP contribution is 2.25. The summed E-state index contributed by atoms with van der Waals surface area (Å²) in [7, 11) is 0. The minimum atomic E-state index is -0.517. The van der Waals surface area contributed by atoms with Gasteiger partial charge in [-0.2, -0.15) is 0 Å². The zero-order chi connectivity index (χ0) is 13.8. The van der Waals surface area contributed by atoms with Crippen LogP contribution in [0.15, 0.2) is 22.7 Å². The molecule has 0 aliphatic rings. The van der Waals surface area contributed by atoms with Crippen molar-refractivity contribution >= 4 is 21.6 Å². The van der Waals surface area contributed by atoms with Crippen molar-refractivity contribution in [3.8, 4) is 0 Å². The van der Waals surface area contributed by atoms with E-state index in [4.69, 9.17) is 4.74 Å². The molecule has 1 aromatic carbocycles. The van der Waals surface area contributed by atoms with Crippen molar-refractivity contribution in [3.05, 3.63) is 28.2 Å². The van der Waals surface area contributed by atoms with Gasteiger partial charge >= 0.3 is 0 Å². The van der Waals surface area contributed by atoms with Crippen LogP contribution in [0.2, 0.25) is 0 Å². The number of aliphatic hydroxyl groups excluding tert-OH is 1. The largest absolute Gasteiger partial charge is 0.389 e. The molecule has 1 unspecified atom stereocenters. The number of hydrogen-bond acceptors (Lipinski definition) is 3. The van der Waals surface area contributed by atoms with Crippen LogP contribution in [-0.2, 0) is 4.74 Å². The Kier molecular flexibility index (Phi) is 5.63. The van der Waals surface area contributed by atoms with Crippen molar-refractivity contribution in [1.82, 2.24) is 0 Å². The molecule has 0 fully saturated rings. The van der Waals surface area contributed by atoms with E-state index in [-0.39, 0.29) is 5.60 Å². The van der Waals surface area contributed by atoms with Gasteiger partial charge in [-0.15, -0.1) is 0 Å². The highest BCUT2D eigenvalue weighted by molar-refractivity contribution is 9.10. The molecule has 0 spiro atoms. The first-order valence-corrected chi connectivity index (χ1v) is 6.90. The van der Waals surface area contributed by atoms with Crippen LogP contribution in [0.5, 0.6) is 0 Å². The molecule has 0 aliphatic heterocycles. The smallest absolute Gasteiger partial charge is 0.0945 e. The number of ether oxygens (including phenoxy) is 1. The molecule has 4 heteroatoms. The van der Waals surface area contributed by atoms with Crippen molar-refractivity contribution in [1.29, 1.82) is 0 Å². The van der Waals surface area contributed by atoms with Crippen molar-refractivity contribution in [3.63, 3.8) is 0 Å². The van der Waals surface area contributed by atoms with Crippen LogP contribution >= 0.6 is 15.9 Å². The van der Waals surface area contributed by atoms with Gasteiger partial charge in [-0.3, -0.25) is 0 Å². The second kappa shape index (κ2) is 6.55. The topological polar surface area (TPSA) is 41.5 Å². The lowest BCUT2D eigenvalue weighted by atomic mass is 10.2. The number of hydrogen-bond donors (Lipinski definition) is 2. The molecule has 0 aliphatic carbocycles. The lowest BCUT2D eigenvalue weighted by Crippen LogP contribution is -2.30. The summed E-state index contributed by atoms with van der Waals surface area (Å²) in [4.78, 5) is 0. The third-order valence-corrected chi connectivity index (χ3v) is 3.48. The van der Waals surface area contributed by atoms with E-state index in [2.05, 4.69) is 21.2 Å². The SMILES string of the molecule is Cc1cccc(NCC(O)COC(C)(C)C)c1Br. The molecule has 1 aromatic rings. The zero-order valence-corrected chi connectivity index (χ0v) is 13.0. The highest BCUT2D eigenvalue weighted by Gasteiger charge is 2.13. The molecule has 2 N–H and O–H groups in total. The van der Waals surface area contributed by atoms with Crippen molar-refractivity contribution in [2.24, 2.45) is 0 Å². The van der Waals surface area contributed by atoms with Crippen LogP contribution in [0, 0.1) is 6.92 Å². The van der Waals surface area contributed by atoms with Gasteiger partial charge in [0, 0.05) is 16.7 Å². The molecule has 0 saturated heterocycles. The number of rotatable bonds is 5. The first kappa shape index (κ1) is 15.5. The molecule has 102 valence electrons. The maximum absolute atomic E-state index is 9.83. The predicted octanol–water partition coefficient (Wildman–Crippen LogP) is 3.35. The van der Waals surface area contributed by atoms with E-state index >= 15 is 0 Å². The Morgan fingerprint density at radius 2 is 2.06 bits per heavy atom. The first-order valence-electron chi connectivity index (χ1n) is 6.10. The van der Waals surface area contributed by atoms with E-state index in [0.29, 0.717) is 13.2 Å². The standard InChI is InChI=1S/C14H22BrNO2/c1-10-6-5-7-12(13(10)15)16-8-11(17)9-18-14(2,3)4/h5-7,11,16-17H,8-9H2,1-4H3. The van der Waals surface area contributed by atoms with Crippen molar-refractivity contribution in [2.45, 2.75) is 39.4 Å². The van der Waals surface area contributed by atoms with Gasteiger partial charge in [0.1, 0.15) is 0 Å². The van der Waals surface area contributed by atoms with Gasteiger partial charge in [0.2, 0.25) is 0 Å². The third-order valence-electron chi connectivity index (χ3n) is 2.43. The number of aryl methyl sites for hydroxylation is 1. The van der Waals surface area contributed by atoms with Crippen molar-refractivity contribution < 1.29 is 9.84 Å². The molecule has 0 heterocycles. The van der Waals surface area contributed by atoms with Crippen LogP contribution in [0.4, 0.5) is 5.69 Å². The molecule has 0 radical (unpaired) electrons. The summed E-state index contributed by atoms with van der Waals surface area (Å²) in [6, 6.07) is 6.00. The summed E-state index contributed by atoms with van der Waals surface area (Å²) in [5, 5.41) is 13.0. The van der Waals surface area contributed by atoms with Gasteiger partial charge in [-0.1, -0.05) is 12.1 Å². The van der Waals surface area contributed by atoms with E-state index in [1.165, 1.54) is 5.56 Å². The maximum Gasteiger partial charge on any atom is 0.0945 e. The lowest BCUT2D eigenvalue weighted by Gasteiger charge is -2.22. The number of halogens is 1. The molecule has 3 nitrogen and oxygen atoms in total. The number of anilines is 1. The molecule has 0 saturated carbocycles. The fraction of sp³-hybridized carbons (Fsp3) is 0.571. The third kappa shape index (κ3) is 5.38. The average Bonchev–Trinajstić information content (AvgIpc) is 2.27. The van der Waals surface area contributed by atoms with Gasteiger partial charge in [0.25, 0.3) is 0 Å². The number of aliphatic hydroxyl groups is 1. The van der Waals surface area contributed by atoms with Crippen LogP contribution in [-0.4, -0.2) is 30.0 Å². The first-order chi connectivity index (χ1) is 8.29. The van der Waals surface area contributed by atoms with E-state index in [9.17, 15) is 5.11 Å². The summed E-state index contributed by atoms with van der Waals surface area (Å²) >= 11 is 3.53. The summed E-state index contributed by atoms with van der Waals surface area (Å²) < 4.78 is 6.57. The Hall–Kier alpha value is -0.580. The van der Waals surface area contributed by atoms with Gasteiger partial charge in [0.05, 0.1) is 18.3 Å². The monoisotopic (exact) mass is 315 g/mol. The van der Waals surface area contributed by atoms with E-state index in [1.54, 1.807) is 0 Å². The van der Waals surface area contributed by atoms with Crippen LogP contribution in [0.3, 0.4) is 0 Å². The summed E-state index contributed by atoms with van der Waals surface area (Å²) in [5.41, 5.74) is 1.94. The number of benzene rings is 1. The lowest BCUT2D eigenvalue weighted by molar-refractivity contribution is -0.0449. The van der Waals surface area contributed by atoms with Crippen LogP contribution < -0.4 is 5.32 Å². The van der Waals surface area contributed by atoms with Crippen LogP contribution in [0.25, 0.3) is 0 Å². The zero-order valence-electron chi connectivity index (χ0n) is 11.5. The molecule has 1 atom stereocenters. The summed E-state index contributed by atoms with van der Waals surface area (Å²) in [5.74, 6) is 0. The highest BCUT2D eigenvalue weighted by atomic mass is 79.9. The molecule has 0 bridgehead atoms. The predicted molar refractivity (Wildman–Crippen MR) is 79.1 cm³/mol.